The Labute approximate surface area is 117 Å². The number of carbonyl (C=O) groups excluding carboxylic acids is 1. The highest BCUT2D eigenvalue weighted by Gasteiger charge is 2.20. The van der Waals surface area contributed by atoms with Crippen LogP contribution in [0.15, 0.2) is 0 Å². The van der Waals surface area contributed by atoms with Gasteiger partial charge in [-0.15, -0.1) is 0 Å². The van der Waals surface area contributed by atoms with Crippen LogP contribution in [0.1, 0.15) is 44.9 Å². The Morgan fingerprint density at radius 2 is 1.90 bits per heavy atom. The third kappa shape index (κ3) is 6.40. The molecule has 1 fully saturated rings. The van der Waals surface area contributed by atoms with Gasteiger partial charge in [-0.1, -0.05) is 19.3 Å². The second kappa shape index (κ2) is 8.39. The molecule has 0 aromatic rings. The molecule has 20 heavy (non-hydrogen) atoms. The molecule has 114 valence electrons. The highest BCUT2D eigenvalue weighted by molar-refractivity contribution is 5.82. The molecule has 0 saturated heterocycles. The largest absolute Gasteiger partial charge is 0.481 e. The molecule has 0 aromatic heterocycles. The van der Waals surface area contributed by atoms with Gasteiger partial charge in [0.15, 0.2) is 0 Å². The molecule has 0 aliphatic heterocycles. The van der Waals surface area contributed by atoms with Crippen molar-refractivity contribution in [3.63, 3.8) is 0 Å². The van der Waals surface area contributed by atoms with E-state index < -0.39 is 24.0 Å². The summed E-state index contributed by atoms with van der Waals surface area (Å²) in [5.74, 6) is -1.44. The zero-order chi connectivity index (χ0) is 15.0. The first kappa shape index (κ1) is 16.3. The van der Waals surface area contributed by atoms with Gasteiger partial charge in [0, 0.05) is 13.0 Å². The standard InChI is InChI=1S/C13H22N2O5/c16-11(17)6-2-5-10(12(18)19)15-13(20)14-8-7-9-3-1-4-9/h9-10H,1-8H2,(H,16,17)(H,18,19)(H2,14,15,20)/t10-/m1/s1. The quantitative estimate of drug-likeness (QED) is 0.508. The normalized spacial score (nSPS) is 16.0. The number of aliphatic carboxylic acids is 2. The molecule has 1 aliphatic rings. The van der Waals surface area contributed by atoms with Crippen molar-refractivity contribution < 1.29 is 24.6 Å². The van der Waals surface area contributed by atoms with Gasteiger partial charge in [0.05, 0.1) is 0 Å². The number of amides is 2. The van der Waals surface area contributed by atoms with E-state index in [-0.39, 0.29) is 19.3 Å². The Bertz CT molecular complexity index is 355. The van der Waals surface area contributed by atoms with Crippen LogP contribution in [0.5, 0.6) is 0 Å². The second-order valence-corrected chi connectivity index (χ2v) is 5.16. The third-order valence-corrected chi connectivity index (χ3v) is 3.55. The van der Waals surface area contributed by atoms with E-state index >= 15 is 0 Å². The summed E-state index contributed by atoms with van der Waals surface area (Å²) in [6.07, 6.45) is 4.80. The number of rotatable bonds is 9. The first-order chi connectivity index (χ1) is 9.49. The third-order valence-electron chi connectivity index (χ3n) is 3.55. The molecule has 0 unspecified atom stereocenters. The van der Waals surface area contributed by atoms with Gasteiger partial charge in [0.1, 0.15) is 6.04 Å². The van der Waals surface area contributed by atoms with Crippen LogP contribution in [0.2, 0.25) is 0 Å². The fraction of sp³-hybridized carbons (Fsp3) is 0.769. The Balaban J connectivity index is 2.19. The van der Waals surface area contributed by atoms with Gasteiger partial charge in [0.2, 0.25) is 0 Å². The molecule has 0 heterocycles. The molecular formula is C13H22N2O5. The number of hydrogen-bond donors (Lipinski definition) is 4. The highest BCUT2D eigenvalue weighted by Crippen LogP contribution is 2.28. The number of carboxylic acid groups (broad SMARTS) is 2. The van der Waals surface area contributed by atoms with Crippen LogP contribution in [0, 0.1) is 5.92 Å². The van der Waals surface area contributed by atoms with E-state index in [4.69, 9.17) is 10.2 Å². The lowest BCUT2D eigenvalue weighted by atomic mass is 9.83. The van der Waals surface area contributed by atoms with Gasteiger partial charge >= 0.3 is 18.0 Å². The zero-order valence-corrected chi connectivity index (χ0v) is 11.4. The summed E-state index contributed by atoms with van der Waals surface area (Å²) in [7, 11) is 0. The molecule has 0 aromatic carbocycles. The van der Waals surface area contributed by atoms with Crippen LogP contribution < -0.4 is 10.6 Å². The van der Waals surface area contributed by atoms with Crippen LogP contribution in [0.25, 0.3) is 0 Å². The maximum atomic E-state index is 11.5. The van der Waals surface area contributed by atoms with Crippen molar-refractivity contribution in [3.05, 3.63) is 0 Å². The molecule has 0 spiro atoms. The van der Waals surface area contributed by atoms with Gasteiger partial charge in [-0.05, 0) is 25.2 Å². The summed E-state index contributed by atoms with van der Waals surface area (Å²) in [5.41, 5.74) is 0. The molecule has 2 amide bonds. The monoisotopic (exact) mass is 286 g/mol. The summed E-state index contributed by atoms with van der Waals surface area (Å²) in [4.78, 5) is 32.9. The van der Waals surface area contributed by atoms with Crippen molar-refractivity contribution in [2.75, 3.05) is 6.54 Å². The second-order valence-electron chi connectivity index (χ2n) is 5.16. The van der Waals surface area contributed by atoms with E-state index in [1.54, 1.807) is 0 Å². The van der Waals surface area contributed by atoms with E-state index in [1.807, 2.05) is 0 Å². The molecule has 1 aliphatic carbocycles. The van der Waals surface area contributed by atoms with Crippen LogP contribution in [-0.4, -0.2) is 40.8 Å². The Kier molecular flexibility index (Phi) is 6.83. The van der Waals surface area contributed by atoms with Crippen molar-refractivity contribution in [1.29, 1.82) is 0 Å². The predicted molar refractivity (Wildman–Crippen MR) is 71.4 cm³/mol. The van der Waals surface area contributed by atoms with Crippen LogP contribution in [-0.2, 0) is 9.59 Å². The number of carboxylic acids is 2. The molecule has 0 radical (unpaired) electrons. The average Bonchev–Trinajstić information content (AvgIpc) is 2.30. The summed E-state index contributed by atoms with van der Waals surface area (Å²) >= 11 is 0. The van der Waals surface area contributed by atoms with Crippen molar-refractivity contribution >= 4 is 18.0 Å². The highest BCUT2D eigenvalue weighted by atomic mass is 16.4. The zero-order valence-electron chi connectivity index (χ0n) is 11.4. The summed E-state index contributed by atoms with van der Waals surface area (Å²) in [6.45, 7) is 0.540. The average molecular weight is 286 g/mol. The van der Waals surface area contributed by atoms with Gasteiger partial charge in [-0.3, -0.25) is 4.79 Å². The van der Waals surface area contributed by atoms with Gasteiger partial charge in [-0.25, -0.2) is 9.59 Å². The van der Waals surface area contributed by atoms with Crippen molar-refractivity contribution in [3.8, 4) is 0 Å². The van der Waals surface area contributed by atoms with E-state index in [1.165, 1.54) is 19.3 Å². The molecule has 1 saturated carbocycles. The Morgan fingerprint density at radius 1 is 1.20 bits per heavy atom. The summed E-state index contributed by atoms with van der Waals surface area (Å²) in [6, 6.07) is -1.55. The molecule has 1 rings (SSSR count). The SMILES string of the molecule is O=C(O)CCC[C@@H](NC(=O)NCCC1CCC1)C(=O)O. The van der Waals surface area contributed by atoms with Crippen molar-refractivity contribution in [2.24, 2.45) is 5.92 Å². The van der Waals surface area contributed by atoms with Gasteiger partial charge in [0.25, 0.3) is 0 Å². The summed E-state index contributed by atoms with van der Waals surface area (Å²) in [5, 5.41) is 22.4. The lowest BCUT2D eigenvalue weighted by molar-refractivity contribution is -0.140. The molecule has 7 heteroatoms. The lowest BCUT2D eigenvalue weighted by Gasteiger charge is -2.25. The van der Waals surface area contributed by atoms with Gasteiger partial charge in [-0.2, -0.15) is 0 Å². The smallest absolute Gasteiger partial charge is 0.326 e. The molecular weight excluding hydrogens is 264 g/mol. The lowest BCUT2D eigenvalue weighted by Crippen LogP contribution is -2.46. The minimum Gasteiger partial charge on any atom is -0.481 e. The fourth-order valence-electron chi connectivity index (χ4n) is 2.10. The van der Waals surface area contributed by atoms with Crippen LogP contribution in [0.3, 0.4) is 0 Å². The number of hydrogen-bond acceptors (Lipinski definition) is 3. The van der Waals surface area contributed by atoms with E-state index in [0.29, 0.717) is 12.5 Å². The maximum absolute atomic E-state index is 11.5. The number of urea groups is 1. The van der Waals surface area contributed by atoms with Crippen molar-refractivity contribution in [1.82, 2.24) is 10.6 Å². The first-order valence-corrected chi connectivity index (χ1v) is 6.98. The predicted octanol–water partition coefficient (Wildman–Crippen LogP) is 1.18. The topological polar surface area (TPSA) is 116 Å². The molecule has 1 atom stereocenters. The number of nitrogens with one attached hydrogen (secondary N) is 2. The molecule has 4 N–H and O–H groups in total. The van der Waals surface area contributed by atoms with Gasteiger partial charge < -0.3 is 20.8 Å². The van der Waals surface area contributed by atoms with E-state index in [2.05, 4.69) is 10.6 Å². The van der Waals surface area contributed by atoms with Crippen LogP contribution >= 0.6 is 0 Å². The van der Waals surface area contributed by atoms with E-state index in [9.17, 15) is 14.4 Å². The Hall–Kier alpha value is -1.79. The molecule has 7 nitrogen and oxygen atoms in total. The van der Waals surface area contributed by atoms with E-state index in [0.717, 1.165) is 6.42 Å². The van der Waals surface area contributed by atoms with Crippen molar-refractivity contribution in [2.45, 2.75) is 51.0 Å². The first-order valence-electron chi connectivity index (χ1n) is 6.98. The molecule has 0 bridgehead atoms. The minimum atomic E-state index is -1.15. The Morgan fingerprint density at radius 3 is 2.40 bits per heavy atom. The summed E-state index contributed by atoms with van der Waals surface area (Å²) < 4.78 is 0. The minimum absolute atomic E-state index is 0.102. The maximum Gasteiger partial charge on any atom is 0.326 e. The van der Waals surface area contributed by atoms with Crippen LogP contribution in [0.4, 0.5) is 4.79 Å². The number of carbonyl (C=O) groups is 3. The fourth-order valence-corrected chi connectivity index (χ4v) is 2.10.